The van der Waals surface area contributed by atoms with Crippen molar-refractivity contribution in [2.45, 2.75) is 39.8 Å². The molecule has 0 spiro atoms. The molecular weight excluding hydrogens is 372 g/mol. The summed E-state index contributed by atoms with van der Waals surface area (Å²) in [6.07, 6.45) is 4.07. The van der Waals surface area contributed by atoms with Gasteiger partial charge in [0.1, 0.15) is 5.69 Å². The molecule has 1 aliphatic heterocycles. The Morgan fingerprint density at radius 2 is 1.80 bits per heavy atom. The first-order valence-electron chi connectivity index (χ1n) is 10.4. The Labute approximate surface area is 178 Å². The maximum absolute atomic E-state index is 13.3. The summed E-state index contributed by atoms with van der Waals surface area (Å²) in [7, 11) is 3.99. The number of fused-ring (bicyclic) bond motifs is 1. The van der Waals surface area contributed by atoms with Gasteiger partial charge < -0.3 is 4.90 Å². The summed E-state index contributed by atoms with van der Waals surface area (Å²) in [5, 5.41) is 6.55. The van der Waals surface area contributed by atoms with Gasteiger partial charge in [-0.15, -0.1) is 0 Å². The van der Waals surface area contributed by atoms with Gasteiger partial charge in [0.05, 0.1) is 11.9 Å². The van der Waals surface area contributed by atoms with Gasteiger partial charge >= 0.3 is 0 Å². The smallest absolute Gasteiger partial charge is 0.243 e. The van der Waals surface area contributed by atoms with E-state index in [0.29, 0.717) is 13.0 Å². The zero-order valence-corrected chi connectivity index (χ0v) is 18.5. The van der Waals surface area contributed by atoms with E-state index in [1.807, 2.05) is 30.1 Å². The quantitative estimate of drug-likeness (QED) is 0.624. The van der Waals surface area contributed by atoms with E-state index in [-0.39, 0.29) is 17.4 Å². The van der Waals surface area contributed by atoms with Crippen molar-refractivity contribution < 1.29 is 4.79 Å². The number of rotatable bonds is 4. The number of hydrogen-bond donors (Lipinski definition) is 0. The third-order valence-electron chi connectivity index (χ3n) is 5.92. The molecular formula is C25H30N4O. The number of pyridine rings is 1. The number of aromatic nitrogens is 1. The SMILES string of the molecule is CN(C)c1ccncc1N1C(=O)C[C@H](C(C)(C)C)N1Cc1cccc2ccccc12. The molecule has 156 valence electrons. The van der Waals surface area contributed by atoms with Gasteiger partial charge in [-0.2, -0.15) is 0 Å². The number of hydrazine groups is 1. The Balaban J connectivity index is 1.82. The van der Waals surface area contributed by atoms with Crippen molar-refractivity contribution in [3.8, 4) is 0 Å². The molecule has 0 saturated carbocycles. The number of nitrogens with zero attached hydrogens (tertiary/aromatic N) is 4. The van der Waals surface area contributed by atoms with E-state index in [2.05, 4.69) is 73.2 Å². The highest BCUT2D eigenvalue weighted by molar-refractivity contribution is 5.98. The molecule has 1 atom stereocenters. The molecule has 3 aromatic rings. The molecule has 0 bridgehead atoms. The fourth-order valence-corrected chi connectivity index (χ4v) is 4.37. The monoisotopic (exact) mass is 402 g/mol. The van der Waals surface area contributed by atoms with Crippen molar-refractivity contribution in [3.05, 3.63) is 66.5 Å². The predicted octanol–water partition coefficient (Wildman–Crippen LogP) is 4.87. The Hall–Kier alpha value is -2.92. The molecule has 1 amide bonds. The second kappa shape index (κ2) is 7.73. The lowest BCUT2D eigenvalue weighted by atomic mass is 9.85. The molecule has 1 aliphatic rings. The Bertz CT molecular complexity index is 1060. The maximum atomic E-state index is 13.3. The molecule has 0 unspecified atom stereocenters. The van der Waals surface area contributed by atoms with Crippen molar-refractivity contribution in [2.24, 2.45) is 5.41 Å². The van der Waals surface area contributed by atoms with Gasteiger partial charge in [-0.1, -0.05) is 63.2 Å². The minimum Gasteiger partial charge on any atom is -0.376 e. The van der Waals surface area contributed by atoms with Gasteiger partial charge in [0.25, 0.3) is 0 Å². The molecule has 2 aromatic carbocycles. The van der Waals surface area contributed by atoms with Gasteiger partial charge in [0, 0.05) is 39.3 Å². The highest BCUT2D eigenvalue weighted by atomic mass is 16.2. The number of hydrogen-bond acceptors (Lipinski definition) is 4. The van der Waals surface area contributed by atoms with Crippen LogP contribution in [0.25, 0.3) is 10.8 Å². The molecule has 5 nitrogen and oxygen atoms in total. The van der Waals surface area contributed by atoms with Crippen LogP contribution in [-0.4, -0.2) is 36.0 Å². The van der Waals surface area contributed by atoms with Crippen LogP contribution in [0.3, 0.4) is 0 Å². The van der Waals surface area contributed by atoms with Gasteiger partial charge in [-0.25, -0.2) is 10.0 Å². The van der Waals surface area contributed by atoms with E-state index < -0.39 is 0 Å². The third kappa shape index (κ3) is 3.65. The largest absolute Gasteiger partial charge is 0.376 e. The number of carbonyl (C=O) groups is 1. The molecule has 0 radical (unpaired) electrons. The van der Waals surface area contributed by atoms with E-state index in [0.717, 1.165) is 11.4 Å². The highest BCUT2D eigenvalue weighted by Gasteiger charge is 2.45. The molecule has 2 heterocycles. The first-order chi connectivity index (χ1) is 14.3. The van der Waals surface area contributed by atoms with Gasteiger partial charge in [0.15, 0.2) is 0 Å². The molecule has 0 aliphatic carbocycles. The molecule has 1 aromatic heterocycles. The van der Waals surface area contributed by atoms with E-state index in [9.17, 15) is 4.79 Å². The van der Waals surface area contributed by atoms with Crippen LogP contribution in [0.4, 0.5) is 11.4 Å². The summed E-state index contributed by atoms with van der Waals surface area (Å²) in [6.45, 7) is 7.29. The van der Waals surface area contributed by atoms with Crippen molar-refractivity contribution in [3.63, 3.8) is 0 Å². The lowest BCUT2D eigenvalue weighted by molar-refractivity contribution is -0.118. The van der Waals surface area contributed by atoms with Crippen LogP contribution in [-0.2, 0) is 11.3 Å². The average Bonchev–Trinajstić information content (AvgIpc) is 3.04. The van der Waals surface area contributed by atoms with Crippen LogP contribution < -0.4 is 9.91 Å². The predicted molar refractivity (Wildman–Crippen MR) is 123 cm³/mol. The molecule has 5 heteroatoms. The lowest BCUT2D eigenvalue weighted by Crippen LogP contribution is -2.47. The summed E-state index contributed by atoms with van der Waals surface area (Å²) in [6, 6.07) is 16.9. The van der Waals surface area contributed by atoms with Crippen LogP contribution in [0, 0.1) is 5.41 Å². The number of carbonyl (C=O) groups excluding carboxylic acids is 1. The van der Waals surface area contributed by atoms with Gasteiger partial charge in [-0.05, 0) is 27.8 Å². The number of anilines is 2. The Kier molecular flexibility index (Phi) is 5.24. The van der Waals surface area contributed by atoms with Gasteiger partial charge in [-0.3, -0.25) is 9.78 Å². The Morgan fingerprint density at radius 3 is 2.53 bits per heavy atom. The van der Waals surface area contributed by atoms with E-state index >= 15 is 0 Å². The first-order valence-corrected chi connectivity index (χ1v) is 10.4. The van der Waals surface area contributed by atoms with Crippen molar-refractivity contribution in [2.75, 3.05) is 24.0 Å². The fourth-order valence-electron chi connectivity index (χ4n) is 4.37. The summed E-state index contributed by atoms with van der Waals surface area (Å²) >= 11 is 0. The average molecular weight is 403 g/mol. The van der Waals surface area contributed by atoms with Crippen LogP contribution in [0.15, 0.2) is 60.9 Å². The van der Waals surface area contributed by atoms with E-state index in [1.165, 1.54) is 16.3 Å². The highest BCUT2D eigenvalue weighted by Crippen LogP contribution is 2.40. The van der Waals surface area contributed by atoms with Gasteiger partial charge in [0.2, 0.25) is 5.91 Å². The first kappa shape index (κ1) is 20.4. The fraction of sp³-hybridized carbons (Fsp3) is 0.360. The maximum Gasteiger partial charge on any atom is 0.243 e. The van der Waals surface area contributed by atoms with Crippen molar-refractivity contribution in [1.82, 2.24) is 9.99 Å². The standard InChI is InChI=1S/C25H30N4O/c1-25(2,3)23-15-24(30)29(22-16-26-14-13-21(22)27(4)5)28(23)17-19-11-8-10-18-9-6-7-12-20(18)19/h6-14,16,23H,15,17H2,1-5H3/t23-/m1/s1. The zero-order valence-electron chi connectivity index (χ0n) is 18.5. The minimum atomic E-state index is -0.0461. The van der Waals surface area contributed by atoms with E-state index in [4.69, 9.17) is 0 Å². The summed E-state index contributed by atoms with van der Waals surface area (Å²) in [5.41, 5.74) is 2.99. The summed E-state index contributed by atoms with van der Waals surface area (Å²) in [4.78, 5) is 19.7. The summed E-state index contributed by atoms with van der Waals surface area (Å²) < 4.78 is 0. The molecule has 4 rings (SSSR count). The molecule has 0 N–H and O–H groups in total. The number of benzene rings is 2. The van der Waals surface area contributed by atoms with Crippen LogP contribution in [0.5, 0.6) is 0 Å². The van der Waals surface area contributed by atoms with Crippen LogP contribution in [0.2, 0.25) is 0 Å². The lowest BCUT2D eigenvalue weighted by Gasteiger charge is -2.39. The second-order valence-electron chi connectivity index (χ2n) is 9.29. The summed E-state index contributed by atoms with van der Waals surface area (Å²) in [5.74, 6) is 0.117. The van der Waals surface area contributed by atoms with E-state index in [1.54, 1.807) is 12.4 Å². The topological polar surface area (TPSA) is 39.7 Å². The van der Waals surface area contributed by atoms with Crippen LogP contribution >= 0.6 is 0 Å². The second-order valence-corrected chi connectivity index (χ2v) is 9.29. The molecule has 1 fully saturated rings. The normalized spacial score (nSPS) is 17.7. The minimum absolute atomic E-state index is 0.0461. The zero-order chi connectivity index (χ0) is 21.5. The number of amides is 1. The third-order valence-corrected chi connectivity index (χ3v) is 5.92. The molecule has 1 saturated heterocycles. The molecule has 30 heavy (non-hydrogen) atoms. The Morgan fingerprint density at radius 1 is 1.07 bits per heavy atom. The van der Waals surface area contributed by atoms with Crippen LogP contribution in [0.1, 0.15) is 32.8 Å². The van der Waals surface area contributed by atoms with Crippen molar-refractivity contribution in [1.29, 1.82) is 0 Å². The van der Waals surface area contributed by atoms with Crippen molar-refractivity contribution >= 4 is 28.1 Å².